The number of thiophene rings is 1. The van der Waals surface area contributed by atoms with Crippen LogP contribution in [-0.4, -0.2) is 21.9 Å². The lowest BCUT2D eigenvalue weighted by Crippen LogP contribution is -2.19. The van der Waals surface area contributed by atoms with E-state index in [1.165, 1.54) is 0 Å². The molecule has 0 saturated heterocycles. The fourth-order valence-electron chi connectivity index (χ4n) is 1.92. The Balaban J connectivity index is 1.57. The quantitative estimate of drug-likeness (QED) is 0.582. The van der Waals surface area contributed by atoms with E-state index in [1.54, 1.807) is 28.4 Å². The SMILES string of the molecule is O=C(Cc1cccs1)N/N=C\c1cnn(-c2ccccc2)c1. The average Bonchev–Trinajstić information content (AvgIpc) is 3.20. The summed E-state index contributed by atoms with van der Waals surface area (Å²) in [5.74, 6) is -0.130. The van der Waals surface area contributed by atoms with Crippen LogP contribution in [0.5, 0.6) is 0 Å². The Morgan fingerprint density at radius 2 is 2.14 bits per heavy atom. The molecule has 0 radical (unpaired) electrons. The van der Waals surface area contributed by atoms with Crippen LogP contribution >= 0.6 is 11.3 Å². The second-order valence-corrected chi connectivity index (χ2v) is 5.64. The topological polar surface area (TPSA) is 59.3 Å². The molecule has 5 nitrogen and oxygen atoms in total. The molecule has 0 spiro atoms. The Hall–Kier alpha value is -2.73. The molecular formula is C16H14N4OS. The first-order valence-electron chi connectivity index (χ1n) is 6.75. The van der Waals surface area contributed by atoms with Crippen molar-refractivity contribution >= 4 is 23.5 Å². The summed E-state index contributed by atoms with van der Waals surface area (Å²) in [6.45, 7) is 0. The van der Waals surface area contributed by atoms with Gasteiger partial charge in [0.2, 0.25) is 5.91 Å². The lowest BCUT2D eigenvalue weighted by atomic mass is 10.3. The first-order chi connectivity index (χ1) is 10.8. The van der Waals surface area contributed by atoms with Crippen molar-refractivity contribution < 1.29 is 4.79 Å². The van der Waals surface area contributed by atoms with E-state index in [-0.39, 0.29) is 5.91 Å². The molecule has 2 heterocycles. The standard InChI is InChI=1S/C16H14N4OS/c21-16(9-15-7-4-8-22-15)19-17-10-13-11-18-20(12-13)14-5-2-1-3-6-14/h1-8,10-12H,9H2,(H,19,21)/b17-10-. The van der Waals surface area contributed by atoms with Crippen LogP contribution in [0.1, 0.15) is 10.4 Å². The number of hydrogen-bond donors (Lipinski definition) is 1. The summed E-state index contributed by atoms with van der Waals surface area (Å²) in [5.41, 5.74) is 4.31. The van der Waals surface area contributed by atoms with Crippen LogP contribution < -0.4 is 5.43 Å². The predicted octanol–water partition coefficient (Wildman–Crippen LogP) is 2.63. The molecule has 1 aromatic carbocycles. The number of benzene rings is 1. The van der Waals surface area contributed by atoms with E-state index < -0.39 is 0 Å². The maximum atomic E-state index is 11.7. The highest BCUT2D eigenvalue weighted by Gasteiger charge is 2.02. The highest BCUT2D eigenvalue weighted by atomic mass is 32.1. The van der Waals surface area contributed by atoms with Crippen molar-refractivity contribution in [3.63, 3.8) is 0 Å². The van der Waals surface area contributed by atoms with Crippen molar-refractivity contribution in [2.75, 3.05) is 0 Å². The summed E-state index contributed by atoms with van der Waals surface area (Å²) in [5, 5.41) is 10.2. The summed E-state index contributed by atoms with van der Waals surface area (Å²) in [4.78, 5) is 12.7. The van der Waals surface area contributed by atoms with Crippen molar-refractivity contribution in [2.45, 2.75) is 6.42 Å². The second kappa shape index (κ2) is 6.82. The van der Waals surface area contributed by atoms with Gasteiger partial charge in [-0.15, -0.1) is 11.3 Å². The number of para-hydroxylation sites is 1. The van der Waals surface area contributed by atoms with E-state index in [9.17, 15) is 4.79 Å². The molecule has 22 heavy (non-hydrogen) atoms. The monoisotopic (exact) mass is 310 g/mol. The van der Waals surface area contributed by atoms with Gasteiger partial charge in [-0.2, -0.15) is 10.2 Å². The van der Waals surface area contributed by atoms with Crippen LogP contribution in [0.3, 0.4) is 0 Å². The van der Waals surface area contributed by atoms with E-state index in [4.69, 9.17) is 0 Å². The Kier molecular flexibility index (Phi) is 4.41. The van der Waals surface area contributed by atoms with Crippen molar-refractivity contribution in [3.05, 3.63) is 70.7 Å². The molecule has 2 aromatic heterocycles. The zero-order valence-electron chi connectivity index (χ0n) is 11.7. The molecule has 0 fully saturated rings. The average molecular weight is 310 g/mol. The van der Waals surface area contributed by atoms with Crippen molar-refractivity contribution in [3.8, 4) is 5.69 Å². The van der Waals surface area contributed by atoms with Crippen molar-refractivity contribution in [2.24, 2.45) is 5.10 Å². The largest absolute Gasteiger partial charge is 0.273 e. The minimum absolute atomic E-state index is 0.130. The number of aromatic nitrogens is 2. The van der Waals surface area contributed by atoms with E-state index in [1.807, 2.05) is 54.0 Å². The Bertz CT molecular complexity index is 763. The maximum Gasteiger partial charge on any atom is 0.245 e. The van der Waals surface area contributed by atoms with E-state index in [0.717, 1.165) is 16.1 Å². The highest BCUT2D eigenvalue weighted by Crippen LogP contribution is 2.09. The zero-order valence-corrected chi connectivity index (χ0v) is 12.5. The van der Waals surface area contributed by atoms with Gasteiger partial charge in [0.25, 0.3) is 0 Å². The number of hydrogen-bond acceptors (Lipinski definition) is 4. The molecule has 110 valence electrons. The first kappa shape index (κ1) is 14.2. The van der Waals surface area contributed by atoms with Crippen LogP contribution in [0, 0.1) is 0 Å². The molecule has 0 saturated carbocycles. The Morgan fingerprint density at radius 1 is 1.27 bits per heavy atom. The maximum absolute atomic E-state index is 11.7. The van der Waals surface area contributed by atoms with Crippen LogP contribution in [0.4, 0.5) is 0 Å². The minimum atomic E-state index is -0.130. The van der Waals surface area contributed by atoms with Gasteiger partial charge in [-0.3, -0.25) is 4.79 Å². The summed E-state index contributed by atoms with van der Waals surface area (Å²) in [6.07, 6.45) is 5.48. The third-order valence-corrected chi connectivity index (χ3v) is 3.82. The number of carbonyl (C=O) groups is 1. The number of carbonyl (C=O) groups excluding carboxylic acids is 1. The van der Waals surface area contributed by atoms with Gasteiger partial charge in [0.05, 0.1) is 24.5 Å². The van der Waals surface area contributed by atoms with Crippen molar-refractivity contribution in [1.82, 2.24) is 15.2 Å². The molecule has 3 rings (SSSR count). The van der Waals surface area contributed by atoms with Gasteiger partial charge in [-0.1, -0.05) is 24.3 Å². The van der Waals surface area contributed by atoms with Gasteiger partial charge >= 0.3 is 0 Å². The van der Waals surface area contributed by atoms with E-state index >= 15 is 0 Å². The second-order valence-electron chi connectivity index (χ2n) is 4.60. The van der Waals surface area contributed by atoms with E-state index in [2.05, 4.69) is 15.6 Å². The number of rotatable bonds is 5. The van der Waals surface area contributed by atoms with Gasteiger partial charge in [-0.05, 0) is 23.6 Å². The summed E-state index contributed by atoms with van der Waals surface area (Å²) >= 11 is 1.56. The molecule has 0 aliphatic rings. The first-order valence-corrected chi connectivity index (χ1v) is 7.63. The molecule has 6 heteroatoms. The third kappa shape index (κ3) is 3.67. The molecular weight excluding hydrogens is 296 g/mol. The molecule has 3 aromatic rings. The number of nitrogens with one attached hydrogen (secondary N) is 1. The van der Waals surface area contributed by atoms with Crippen LogP contribution in [-0.2, 0) is 11.2 Å². The molecule has 0 aliphatic carbocycles. The smallest absolute Gasteiger partial charge is 0.245 e. The predicted molar refractivity (Wildman–Crippen MR) is 87.3 cm³/mol. The van der Waals surface area contributed by atoms with Crippen LogP contribution in [0.25, 0.3) is 5.69 Å². The summed E-state index contributed by atoms with van der Waals surface area (Å²) in [7, 11) is 0. The van der Waals surface area contributed by atoms with Gasteiger partial charge in [0.1, 0.15) is 0 Å². The third-order valence-electron chi connectivity index (χ3n) is 2.94. The normalized spacial score (nSPS) is 10.9. The molecule has 1 N–H and O–H groups in total. The number of amides is 1. The fraction of sp³-hybridized carbons (Fsp3) is 0.0625. The molecule has 0 unspecified atom stereocenters. The molecule has 0 bridgehead atoms. The summed E-state index contributed by atoms with van der Waals surface area (Å²) in [6, 6.07) is 13.7. The van der Waals surface area contributed by atoms with E-state index in [0.29, 0.717) is 6.42 Å². The number of hydrazone groups is 1. The lowest BCUT2D eigenvalue weighted by Gasteiger charge is -1.98. The van der Waals surface area contributed by atoms with Gasteiger partial charge < -0.3 is 0 Å². The zero-order chi connectivity index (χ0) is 15.2. The fourth-order valence-corrected chi connectivity index (χ4v) is 2.62. The van der Waals surface area contributed by atoms with Gasteiger partial charge in [-0.25, -0.2) is 10.1 Å². The Labute approximate surface area is 131 Å². The molecule has 0 aliphatic heterocycles. The molecule has 1 amide bonds. The molecule has 0 atom stereocenters. The lowest BCUT2D eigenvalue weighted by molar-refractivity contribution is -0.120. The van der Waals surface area contributed by atoms with Gasteiger partial charge in [0.15, 0.2) is 0 Å². The van der Waals surface area contributed by atoms with Crippen molar-refractivity contribution in [1.29, 1.82) is 0 Å². The van der Waals surface area contributed by atoms with Gasteiger partial charge in [0, 0.05) is 16.6 Å². The highest BCUT2D eigenvalue weighted by molar-refractivity contribution is 7.10. The minimum Gasteiger partial charge on any atom is -0.273 e. The van der Waals surface area contributed by atoms with Crippen LogP contribution in [0.2, 0.25) is 0 Å². The summed E-state index contributed by atoms with van der Waals surface area (Å²) < 4.78 is 1.76. The number of nitrogens with zero attached hydrogens (tertiary/aromatic N) is 3. The Morgan fingerprint density at radius 3 is 2.91 bits per heavy atom. The van der Waals surface area contributed by atoms with Crippen LogP contribution in [0.15, 0.2) is 65.3 Å².